The number of methoxy groups -OCH3 is 2. The standard InChI is InChI=1S/C30H38N2O4/c1-35-24-10-11-26(36-2)22(18-24)19-27(33)32-16-14-29(15-17-32)20-25(29)28(34)31-21-30(12-6-7-13-30)23-8-4-3-5-9-23/h3-5,8-11,18,25H,6-7,12-17,19-21H2,1-2H3,(H,31,34)/t25-/m1/s1. The topological polar surface area (TPSA) is 67.9 Å². The van der Waals surface area contributed by atoms with Crippen LogP contribution in [0.2, 0.25) is 0 Å². The van der Waals surface area contributed by atoms with E-state index in [1.54, 1.807) is 14.2 Å². The number of hydrogen-bond donors (Lipinski definition) is 1. The van der Waals surface area contributed by atoms with Gasteiger partial charge in [0.05, 0.1) is 20.6 Å². The number of amides is 2. The van der Waals surface area contributed by atoms with E-state index in [2.05, 4.69) is 35.6 Å². The Kier molecular flexibility index (Phi) is 6.96. The lowest BCUT2D eigenvalue weighted by Gasteiger charge is -2.33. The van der Waals surface area contributed by atoms with Crippen LogP contribution in [0.15, 0.2) is 48.5 Å². The minimum atomic E-state index is 0.0735. The number of ether oxygens (including phenoxy) is 2. The maximum Gasteiger partial charge on any atom is 0.227 e. The van der Waals surface area contributed by atoms with Gasteiger partial charge in [-0.05, 0) is 61.3 Å². The number of hydrogen-bond acceptors (Lipinski definition) is 4. The predicted molar refractivity (Wildman–Crippen MR) is 139 cm³/mol. The molecule has 1 spiro atoms. The zero-order valence-electron chi connectivity index (χ0n) is 21.6. The van der Waals surface area contributed by atoms with Crippen molar-refractivity contribution >= 4 is 11.8 Å². The van der Waals surface area contributed by atoms with Crippen molar-refractivity contribution in [3.63, 3.8) is 0 Å². The summed E-state index contributed by atoms with van der Waals surface area (Å²) in [6, 6.07) is 16.2. The Morgan fingerprint density at radius 3 is 2.36 bits per heavy atom. The monoisotopic (exact) mass is 490 g/mol. The van der Waals surface area contributed by atoms with Crippen molar-refractivity contribution in [3.8, 4) is 11.5 Å². The van der Waals surface area contributed by atoms with Gasteiger partial charge in [-0.1, -0.05) is 43.2 Å². The van der Waals surface area contributed by atoms with Gasteiger partial charge in [-0.2, -0.15) is 0 Å². The van der Waals surface area contributed by atoms with Gasteiger partial charge in [0.2, 0.25) is 11.8 Å². The lowest BCUT2D eigenvalue weighted by Crippen LogP contribution is -2.43. The van der Waals surface area contributed by atoms with Gasteiger partial charge >= 0.3 is 0 Å². The molecule has 6 nitrogen and oxygen atoms in total. The highest BCUT2D eigenvalue weighted by Crippen LogP contribution is 2.59. The van der Waals surface area contributed by atoms with Crippen LogP contribution in [-0.2, 0) is 21.4 Å². The molecule has 0 radical (unpaired) electrons. The van der Waals surface area contributed by atoms with Gasteiger partial charge in [0, 0.05) is 36.5 Å². The molecular weight excluding hydrogens is 452 g/mol. The van der Waals surface area contributed by atoms with Crippen LogP contribution >= 0.6 is 0 Å². The maximum absolute atomic E-state index is 13.2. The summed E-state index contributed by atoms with van der Waals surface area (Å²) in [5.41, 5.74) is 2.35. The second kappa shape index (κ2) is 10.2. The van der Waals surface area contributed by atoms with Crippen molar-refractivity contribution in [2.75, 3.05) is 33.9 Å². The largest absolute Gasteiger partial charge is 0.497 e. The van der Waals surface area contributed by atoms with Gasteiger partial charge in [-0.3, -0.25) is 9.59 Å². The van der Waals surface area contributed by atoms with Crippen LogP contribution in [-0.4, -0.2) is 50.6 Å². The summed E-state index contributed by atoms with van der Waals surface area (Å²) in [7, 11) is 3.24. The SMILES string of the molecule is COc1ccc(OC)c(CC(=O)N2CCC3(CC2)C[C@@H]3C(=O)NCC2(c3ccccc3)CCCC2)c1. The second-order valence-electron chi connectivity index (χ2n) is 10.9. The third-order valence-corrected chi connectivity index (χ3v) is 9.00. The number of rotatable bonds is 8. The molecular formula is C30H38N2O4. The number of nitrogens with one attached hydrogen (secondary N) is 1. The number of carbonyl (C=O) groups is 2. The first-order valence-corrected chi connectivity index (χ1v) is 13.3. The lowest BCUT2D eigenvalue weighted by atomic mass is 9.78. The van der Waals surface area contributed by atoms with E-state index in [0.29, 0.717) is 25.3 Å². The van der Waals surface area contributed by atoms with Crippen molar-refractivity contribution < 1.29 is 19.1 Å². The minimum absolute atomic E-state index is 0.0735. The van der Waals surface area contributed by atoms with Crippen LogP contribution in [0.5, 0.6) is 11.5 Å². The van der Waals surface area contributed by atoms with E-state index in [1.807, 2.05) is 23.1 Å². The van der Waals surface area contributed by atoms with Crippen molar-refractivity contribution in [1.29, 1.82) is 0 Å². The first-order chi connectivity index (χ1) is 17.5. The van der Waals surface area contributed by atoms with Crippen molar-refractivity contribution in [1.82, 2.24) is 10.2 Å². The predicted octanol–water partition coefficient (Wildman–Crippen LogP) is 4.50. The van der Waals surface area contributed by atoms with Gasteiger partial charge in [0.1, 0.15) is 11.5 Å². The van der Waals surface area contributed by atoms with E-state index < -0.39 is 0 Å². The molecule has 192 valence electrons. The lowest BCUT2D eigenvalue weighted by molar-refractivity contribution is -0.132. The van der Waals surface area contributed by atoms with Gasteiger partial charge < -0.3 is 19.7 Å². The van der Waals surface area contributed by atoms with Gasteiger partial charge in [0.25, 0.3) is 0 Å². The summed E-state index contributed by atoms with van der Waals surface area (Å²) in [5, 5.41) is 3.34. The minimum Gasteiger partial charge on any atom is -0.497 e. The van der Waals surface area contributed by atoms with E-state index >= 15 is 0 Å². The first-order valence-electron chi connectivity index (χ1n) is 13.3. The molecule has 3 aliphatic rings. The molecule has 2 aliphatic carbocycles. The Hall–Kier alpha value is -3.02. The van der Waals surface area contributed by atoms with Crippen molar-refractivity contribution in [2.45, 2.75) is 56.8 Å². The van der Waals surface area contributed by atoms with E-state index in [0.717, 1.165) is 50.0 Å². The fourth-order valence-electron chi connectivity index (χ4n) is 6.56. The third-order valence-electron chi connectivity index (χ3n) is 9.00. The maximum atomic E-state index is 13.2. The Morgan fingerprint density at radius 1 is 0.972 bits per heavy atom. The Morgan fingerprint density at radius 2 is 1.69 bits per heavy atom. The molecule has 1 saturated heterocycles. The summed E-state index contributed by atoms with van der Waals surface area (Å²) >= 11 is 0. The van der Waals surface area contributed by atoms with Crippen LogP contribution in [0.3, 0.4) is 0 Å². The molecule has 3 fully saturated rings. The Labute approximate surface area is 214 Å². The molecule has 6 heteroatoms. The first kappa shape index (κ1) is 24.7. The number of nitrogens with zero attached hydrogens (tertiary/aromatic N) is 1. The molecule has 2 saturated carbocycles. The quantitative estimate of drug-likeness (QED) is 0.592. The molecule has 2 aromatic carbocycles. The molecule has 36 heavy (non-hydrogen) atoms. The number of benzene rings is 2. The van der Waals surface area contributed by atoms with E-state index in [4.69, 9.17) is 9.47 Å². The van der Waals surface area contributed by atoms with Crippen LogP contribution in [0.4, 0.5) is 0 Å². The number of likely N-dealkylation sites (tertiary alicyclic amines) is 1. The van der Waals surface area contributed by atoms with Crippen LogP contribution in [0.1, 0.15) is 56.1 Å². The average Bonchev–Trinajstić information content (AvgIpc) is 3.39. The van der Waals surface area contributed by atoms with E-state index in [9.17, 15) is 9.59 Å². The summed E-state index contributed by atoms with van der Waals surface area (Å²) < 4.78 is 10.8. The third kappa shape index (κ3) is 4.82. The normalized spacial score (nSPS) is 21.7. The van der Waals surface area contributed by atoms with E-state index in [1.165, 1.54) is 18.4 Å². The average molecular weight is 491 g/mol. The molecule has 0 unspecified atom stereocenters. The molecule has 1 N–H and O–H groups in total. The van der Waals surface area contributed by atoms with Crippen LogP contribution < -0.4 is 14.8 Å². The Balaban J connectivity index is 1.14. The summed E-state index contributed by atoms with van der Waals surface area (Å²) in [6.45, 7) is 2.15. The molecule has 5 rings (SSSR count). The van der Waals surface area contributed by atoms with Gasteiger partial charge in [-0.25, -0.2) is 0 Å². The molecule has 1 atom stereocenters. The highest BCUT2D eigenvalue weighted by atomic mass is 16.5. The molecule has 2 aromatic rings. The van der Waals surface area contributed by atoms with Gasteiger partial charge in [0.15, 0.2) is 0 Å². The highest BCUT2D eigenvalue weighted by Gasteiger charge is 2.58. The fraction of sp³-hybridized carbons (Fsp3) is 0.533. The summed E-state index contributed by atoms with van der Waals surface area (Å²) in [4.78, 5) is 28.2. The second-order valence-corrected chi connectivity index (χ2v) is 10.9. The highest BCUT2D eigenvalue weighted by molar-refractivity contribution is 5.83. The summed E-state index contributed by atoms with van der Waals surface area (Å²) in [5.74, 6) is 1.81. The fourth-order valence-corrected chi connectivity index (χ4v) is 6.56. The van der Waals surface area contributed by atoms with Crippen molar-refractivity contribution in [2.24, 2.45) is 11.3 Å². The molecule has 1 heterocycles. The zero-order valence-corrected chi connectivity index (χ0v) is 21.6. The van der Waals surface area contributed by atoms with Crippen LogP contribution in [0.25, 0.3) is 0 Å². The summed E-state index contributed by atoms with van der Waals surface area (Å²) in [6.07, 6.45) is 7.77. The number of piperidine rings is 1. The van der Waals surface area contributed by atoms with Crippen molar-refractivity contribution in [3.05, 3.63) is 59.7 Å². The van der Waals surface area contributed by atoms with Crippen LogP contribution in [0, 0.1) is 11.3 Å². The molecule has 2 amide bonds. The molecule has 0 bridgehead atoms. The number of carbonyl (C=O) groups excluding carboxylic acids is 2. The zero-order chi connectivity index (χ0) is 25.2. The molecule has 1 aliphatic heterocycles. The van der Waals surface area contributed by atoms with E-state index in [-0.39, 0.29) is 28.6 Å². The Bertz CT molecular complexity index is 1090. The smallest absolute Gasteiger partial charge is 0.227 e. The van der Waals surface area contributed by atoms with Gasteiger partial charge in [-0.15, -0.1) is 0 Å². The molecule has 0 aromatic heterocycles.